The summed E-state index contributed by atoms with van der Waals surface area (Å²) in [5.74, 6) is 0.748. The maximum absolute atomic E-state index is 13.5. The third kappa shape index (κ3) is 4.89. The van der Waals surface area contributed by atoms with Crippen LogP contribution in [0.2, 0.25) is 0 Å². The van der Waals surface area contributed by atoms with Gasteiger partial charge in [0.25, 0.3) is 5.91 Å². The van der Waals surface area contributed by atoms with Crippen LogP contribution in [0.4, 0.5) is 5.69 Å². The maximum Gasteiger partial charge on any atom is 0.267 e. The number of rotatable bonds is 6. The highest BCUT2D eigenvalue weighted by molar-refractivity contribution is 8.18. The number of benzene rings is 3. The molecule has 0 saturated carbocycles. The normalized spacial score (nSPS) is 17.4. The van der Waals surface area contributed by atoms with E-state index >= 15 is 0 Å². The average Bonchev–Trinajstić information content (AvgIpc) is 3.09. The molecule has 1 saturated heterocycles. The van der Waals surface area contributed by atoms with Gasteiger partial charge in [0.2, 0.25) is 0 Å². The fourth-order valence-electron chi connectivity index (χ4n) is 3.41. The zero-order valence-corrected chi connectivity index (χ0v) is 18.4. The van der Waals surface area contributed by atoms with Crippen molar-refractivity contribution in [2.75, 3.05) is 6.61 Å². The van der Waals surface area contributed by atoms with Gasteiger partial charge >= 0.3 is 0 Å². The molecule has 0 radical (unpaired) electrons. The molecule has 156 valence electrons. The predicted octanol–water partition coefficient (Wildman–Crippen LogP) is 6.45. The Labute approximate surface area is 187 Å². The highest BCUT2D eigenvalue weighted by atomic mass is 32.2. The molecule has 0 aliphatic carbocycles. The Kier molecular flexibility index (Phi) is 6.53. The summed E-state index contributed by atoms with van der Waals surface area (Å²) in [6.45, 7) is 4.59. The summed E-state index contributed by atoms with van der Waals surface area (Å²) in [6, 6.07) is 27.4. The molecule has 5 heteroatoms. The number of thioether (sulfide) groups is 1. The highest BCUT2D eigenvalue weighted by Gasteiger charge is 2.37. The minimum Gasteiger partial charge on any atom is -0.494 e. The molecule has 0 bridgehead atoms. The van der Waals surface area contributed by atoms with Crippen molar-refractivity contribution in [3.63, 3.8) is 0 Å². The number of amides is 1. The number of hydrogen-bond acceptors (Lipinski definition) is 4. The monoisotopic (exact) mass is 428 g/mol. The Balaban J connectivity index is 1.72. The topological polar surface area (TPSA) is 41.9 Å². The molecular formula is C26H24N2O2S. The van der Waals surface area contributed by atoms with Gasteiger partial charge in [0.15, 0.2) is 5.17 Å². The molecule has 1 aliphatic rings. The summed E-state index contributed by atoms with van der Waals surface area (Å²) in [5.41, 5.74) is 2.81. The molecule has 1 fully saturated rings. The summed E-state index contributed by atoms with van der Waals surface area (Å²) < 4.78 is 5.60. The molecule has 1 aliphatic heterocycles. The quantitative estimate of drug-likeness (QED) is 0.424. The number of hydrogen-bond donors (Lipinski definition) is 0. The van der Waals surface area contributed by atoms with Crippen molar-refractivity contribution in [2.24, 2.45) is 4.99 Å². The van der Waals surface area contributed by atoms with Crippen LogP contribution in [0, 0.1) is 0 Å². The first-order valence-corrected chi connectivity index (χ1v) is 11.1. The van der Waals surface area contributed by atoms with E-state index in [0.717, 1.165) is 22.6 Å². The van der Waals surface area contributed by atoms with Crippen LogP contribution in [0.15, 0.2) is 94.8 Å². The summed E-state index contributed by atoms with van der Waals surface area (Å²) in [4.78, 5) is 20.7. The first-order chi connectivity index (χ1) is 15.2. The highest BCUT2D eigenvalue weighted by Crippen LogP contribution is 2.39. The van der Waals surface area contributed by atoms with Crippen molar-refractivity contribution in [3.8, 4) is 5.75 Å². The average molecular weight is 429 g/mol. The first-order valence-electron chi connectivity index (χ1n) is 10.3. The molecule has 0 unspecified atom stereocenters. The molecular weight excluding hydrogens is 404 g/mol. The first kappa shape index (κ1) is 20.9. The summed E-state index contributed by atoms with van der Waals surface area (Å²) in [7, 11) is 0. The minimum absolute atomic E-state index is 0.0437. The van der Waals surface area contributed by atoms with Crippen molar-refractivity contribution in [2.45, 2.75) is 19.9 Å². The van der Waals surface area contributed by atoms with E-state index in [2.05, 4.69) is 0 Å². The Bertz CT molecular complexity index is 1110. The van der Waals surface area contributed by atoms with Crippen molar-refractivity contribution in [1.82, 2.24) is 4.90 Å². The van der Waals surface area contributed by atoms with Gasteiger partial charge < -0.3 is 4.74 Å². The molecule has 3 aromatic rings. The molecule has 1 atom stereocenters. The van der Waals surface area contributed by atoms with Gasteiger partial charge in [-0.1, -0.05) is 60.7 Å². The smallest absolute Gasteiger partial charge is 0.267 e. The third-order valence-corrected chi connectivity index (χ3v) is 5.94. The zero-order valence-electron chi connectivity index (χ0n) is 17.6. The van der Waals surface area contributed by atoms with Gasteiger partial charge in [0.05, 0.1) is 23.2 Å². The van der Waals surface area contributed by atoms with E-state index < -0.39 is 0 Å². The molecule has 31 heavy (non-hydrogen) atoms. The summed E-state index contributed by atoms with van der Waals surface area (Å²) in [6.07, 6.45) is 1.91. The zero-order chi connectivity index (χ0) is 21.6. The van der Waals surface area contributed by atoms with E-state index in [4.69, 9.17) is 9.73 Å². The van der Waals surface area contributed by atoms with Gasteiger partial charge in [-0.25, -0.2) is 4.99 Å². The Morgan fingerprint density at radius 3 is 2.42 bits per heavy atom. The second kappa shape index (κ2) is 9.67. The fraction of sp³-hybridized carbons (Fsp3) is 0.154. The number of nitrogens with zero attached hydrogens (tertiary/aromatic N) is 2. The van der Waals surface area contributed by atoms with Crippen molar-refractivity contribution in [1.29, 1.82) is 0 Å². The van der Waals surface area contributed by atoms with Gasteiger partial charge in [-0.05, 0) is 67.1 Å². The fourth-order valence-corrected chi connectivity index (χ4v) is 4.48. The second-order valence-electron chi connectivity index (χ2n) is 7.11. The number of para-hydroxylation sites is 1. The Hall–Kier alpha value is -3.31. The van der Waals surface area contributed by atoms with Crippen LogP contribution in [0.5, 0.6) is 5.75 Å². The van der Waals surface area contributed by atoms with Gasteiger partial charge in [-0.3, -0.25) is 9.69 Å². The van der Waals surface area contributed by atoms with E-state index in [0.29, 0.717) is 16.7 Å². The lowest BCUT2D eigenvalue weighted by Gasteiger charge is -2.24. The molecule has 0 N–H and O–H groups in total. The van der Waals surface area contributed by atoms with Crippen molar-refractivity contribution < 1.29 is 9.53 Å². The molecule has 1 heterocycles. The second-order valence-corrected chi connectivity index (χ2v) is 8.12. The number of carbonyl (C=O) groups is 1. The van der Waals surface area contributed by atoms with E-state index in [1.165, 1.54) is 11.8 Å². The minimum atomic E-state index is -0.135. The van der Waals surface area contributed by atoms with Gasteiger partial charge in [-0.15, -0.1) is 0 Å². The van der Waals surface area contributed by atoms with Crippen LogP contribution in [0.3, 0.4) is 0 Å². The lowest BCUT2D eigenvalue weighted by molar-refractivity contribution is -0.123. The molecule has 3 aromatic carbocycles. The van der Waals surface area contributed by atoms with Gasteiger partial charge in [-0.2, -0.15) is 0 Å². The van der Waals surface area contributed by atoms with Crippen LogP contribution in [0.1, 0.15) is 31.0 Å². The largest absolute Gasteiger partial charge is 0.494 e. The Morgan fingerprint density at radius 2 is 1.71 bits per heavy atom. The van der Waals surface area contributed by atoms with Crippen LogP contribution in [-0.2, 0) is 4.79 Å². The van der Waals surface area contributed by atoms with Crippen LogP contribution >= 0.6 is 11.8 Å². The van der Waals surface area contributed by atoms with Crippen LogP contribution in [-0.4, -0.2) is 22.6 Å². The lowest BCUT2D eigenvalue weighted by atomic mass is 10.1. The van der Waals surface area contributed by atoms with E-state index in [1.54, 1.807) is 4.90 Å². The van der Waals surface area contributed by atoms with Gasteiger partial charge in [0, 0.05) is 0 Å². The third-order valence-electron chi connectivity index (χ3n) is 4.95. The van der Waals surface area contributed by atoms with E-state index in [-0.39, 0.29) is 11.9 Å². The lowest BCUT2D eigenvalue weighted by Crippen LogP contribution is -2.32. The number of ether oxygens (including phenoxy) is 1. The Morgan fingerprint density at radius 1 is 1.00 bits per heavy atom. The van der Waals surface area contributed by atoms with E-state index in [1.807, 2.05) is 105 Å². The standard InChI is InChI=1S/C26H24N2O2S/c1-3-30-23-16-10-11-20(17-23)18-24-25(29)28(19(2)21-12-6-4-7-13-21)26(31-24)27-22-14-8-5-9-15-22/h4-19H,3H2,1-2H3/b24-18+,27-26?/t19-/m1/s1. The number of carbonyl (C=O) groups excluding carboxylic acids is 1. The predicted molar refractivity (Wildman–Crippen MR) is 128 cm³/mol. The SMILES string of the molecule is CCOc1cccc(/C=C2/SC(=Nc3ccccc3)N([C@H](C)c3ccccc3)C2=O)c1. The molecule has 4 nitrogen and oxygen atoms in total. The van der Waals surface area contributed by atoms with Gasteiger partial charge in [0.1, 0.15) is 5.75 Å². The maximum atomic E-state index is 13.5. The summed E-state index contributed by atoms with van der Waals surface area (Å²) >= 11 is 1.41. The molecule has 4 rings (SSSR count). The number of amidine groups is 1. The molecule has 1 amide bonds. The van der Waals surface area contributed by atoms with E-state index in [9.17, 15) is 4.79 Å². The van der Waals surface area contributed by atoms with Crippen LogP contribution < -0.4 is 4.74 Å². The number of aliphatic imine (C=N–C) groups is 1. The molecule has 0 aromatic heterocycles. The molecule has 0 spiro atoms. The van der Waals surface area contributed by atoms with Crippen molar-refractivity contribution in [3.05, 3.63) is 101 Å². The van der Waals surface area contributed by atoms with Crippen LogP contribution in [0.25, 0.3) is 6.08 Å². The van der Waals surface area contributed by atoms with Crippen molar-refractivity contribution >= 4 is 34.6 Å². The summed E-state index contributed by atoms with van der Waals surface area (Å²) in [5, 5.41) is 0.680.